The van der Waals surface area contributed by atoms with E-state index in [1.165, 1.54) is 0 Å². The van der Waals surface area contributed by atoms with Crippen LogP contribution in [0.15, 0.2) is 66.7 Å². The van der Waals surface area contributed by atoms with E-state index in [9.17, 15) is 15.0 Å². The predicted molar refractivity (Wildman–Crippen MR) is 122 cm³/mol. The summed E-state index contributed by atoms with van der Waals surface area (Å²) in [6, 6.07) is 20.0. The van der Waals surface area contributed by atoms with Crippen molar-refractivity contribution in [3.8, 4) is 23.0 Å². The summed E-state index contributed by atoms with van der Waals surface area (Å²) in [6.45, 7) is 2.49. The molecule has 0 aliphatic carbocycles. The summed E-state index contributed by atoms with van der Waals surface area (Å²) in [5.74, 6) is 0.986. The molecule has 1 saturated heterocycles. The van der Waals surface area contributed by atoms with Crippen molar-refractivity contribution in [1.82, 2.24) is 4.90 Å². The van der Waals surface area contributed by atoms with Crippen LogP contribution in [0, 0.1) is 0 Å². The number of phenolic OH excluding ortho intramolecular Hbond substituents is 1. The molecule has 0 radical (unpaired) electrons. The Balaban J connectivity index is 1.42. The number of piperidine rings is 1. The summed E-state index contributed by atoms with van der Waals surface area (Å²) in [5.41, 5.74) is 2.37. The number of aromatic hydroxyl groups is 1. The maximum atomic E-state index is 11.6. The first-order chi connectivity index (χ1) is 15.5. The van der Waals surface area contributed by atoms with Gasteiger partial charge in [-0.3, -0.25) is 4.90 Å². The highest BCUT2D eigenvalue weighted by Crippen LogP contribution is 2.37. The first kappa shape index (κ1) is 21.7. The Morgan fingerprint density at radius 3 is 2.38 bits per heavy atom. The highest BCUT2D eigenvalue weighted by atomic mass is 16.5. The lowest BCUT2D eigenvalue weighted by molar-refractivity contribution is 0.0694. The second-order valence-electron chi connectivity index (χ2n) is 8.00. The number of likely N-dealkylation sites (tertiary alicyclic amines) is 1. The van der Waals surface area contributed by atoms with Gasteiger partial charge in [0, 0.05) is 6.54 Å². The number of para-hydroxylation sites is 2. The van der Waals surface area contributed by atoms with Gasteiger partial charge in [0.05, 0.1) is 12.7 Å². The fourth-order valence-electron chi connectivity index (χ4n) is 4.27. The number of methoxy groups -OCH3 is 1. The molecule has 1 aliphatic heterocycles. The van der Waals surface area contributed by atoms with Gasteiger partial charge < -0.3 is 19.7 Å². The quantitative estimate of drug-likeness (QED) is 0.528. The molecule has 166 valence electrons. The van der Waals surface area contributed by atoms with Crippen LogP contribution in [0.5, 0.6) is 23.0 Å². The van der Waals surface area contributed by atoms with Gasteiger partial charge in [-0.05, 0) is 73.3 Å². The molecule has 0 aromatic heterocycles. The van der Waals surface area contributed by atoms with Crippen LogP contribution in [0.4, 0.5) is 0 Å². The van der Waals surface area contributed by atoms with Crippen molar-refractivity contribution in [2.24, 2.45) is 0 Å². The van der Waals surface area contributed by atoms with Crippen LogP contribution >= 0.6 is 0 Å². The Morgan fingerprint density at radius 2 is 1.66 bits per heavy atom. The van der Waals surface area contributed by atoms with Gasteiger partial charge in [-0.2, -0.15) is 0 Å². The lowest BCUT2D eigenvalue weighted by Gasteiger charge is -2.32. The Labute approximate surface area is 187 Å². The minimum Gasteiger partial charge on any atom is -0.504 e. The van der Waals surface area contributed by atoms with Crippen molar-refractivity contribution < 1.29 is 24.5 Å². The van der Waals surface area contributed by atoms with Gasteiger partial charge in [0.2, 0.25) is 0 Å². The Hall–Kier alpha value is -3.51. The monoisotopic (exact) mass is 433 g/mol. The van der Waals surface area contributed by atoms with Gasteiger partial charge in [0.1, 0.15) is 0 Å². The van der Waals surface area contributed by atoms with Gasteiger partial charge >= 0.3 is 5.97 Å². The zero-order chi connectivity index (χ0) is 22.5. The molecule has 1 heterocycles. The first-order valence-corrected chi connectivity index (χ1v) is 10.7. The third-order valence-electron chi connectivity index (χ3n) is 5.94. The van der Waals surface area contributed by atoms with Crippen molar-refractivity contribution in [3.05, 3.63) is 83.4 Å². The maximum absolute atomic E-state index is 11.6. The van der Waals surface area contributed by atoms with E-state index in [0.29, 0.717) is 22.8 Å². The summed E-state index contributed by atoms with van der Waals surface area (Å²) >= 11 is 0. The lowest BCUT2D eigenvalue weighted by Crippen LogP contribution is -2.32. The molecule has 0 saturated carbocycles. The summed E-state index contributed by atoms with van der Waals surface area (Å²) in [5, 5.41) is 19.7. The number of hydrogen-bond acceptors (Lipinski definition) is 5. The van der Waals surface area contributed by atoms with Crippen LogP contribution in [0.3, 0.4) is 0 Å². The summed E-state index contributed by atoms with van der Waals surface area (Å²) in [6.07, 6.45) is 1.82. The number of carboxylic acids is 1. The van der Waals surface area contributed by atoms with E-state index in [2.05, 4.69) is 4.90 Å². The van der Waals surface area contributed by atoms with E-state index in [-0.39, 0.29) is 11.7 Å². The zero-order valence-corrected chi connectivity index (χ0v) is 18.0. The van der Waals surface area contributed by atoms with Gasteiger partial charge in [-0.1, -0.05) is 36.4 Å². The van der Waals surface area contributed by atoms with E-state index in [1.54, 1.807) is 31.4 Å². The first-order valence-electron chi connectivity index (χ1n) is 10.7. The Kier molecular flexibility index (Phi) is 6.61. The number of ether oxygens (including phenoxy) is 2. The van der Waals surface area contributed by atoms with Gasteiger partial charge in [-0.25, -0.2) is 4.79 Å². The number of phenols is 1. The molecule has 1 aliphatic rings. The predicted octanol–water partition coefficient (Wildman–Crippen LogP) is 5.27. The molecular formula is C26H27NO5. The molecule has 1 fully saturated rings. The van der Waals surface area contributed by atoms with Crippen LogP contribution < -0.4 is 9.47 Å². The second kappa shape index (κ2) is 9.75. The SMILES string of the molecule is COc1ccccc1Oc1cc(CN2CCC(c3ccccc3C(=O)O)CC2)ccc1O. The average molecular weight is 434 g/mol. The van der Waals surface area contributed by atoms with Crippen molar-refractivity contribution in [3.63, 3.8) is 0 Å². The number of hydrogen-bond donors (Lipinski definition) is 2. The van der Waals surface area contributed by atoms with Crippen LogP contribution in [-0.2, 0) is 6.54 Å². The molecule has 2 N–H and O–H groups in total. The van der Waals surface area contributed by atoms with E-state index >= 15 is 0 Å². The third kappa shape index (κ3) is 4.86. The molecule has 0 spiro atoms. The fourth-order valence-corrected chi connectivity index (χ4v) is 4.27. The summed E-state index contributed by atoms with van der Waals surface area (Å²) in [7, 11) is 1.58. The molecule has 0 amide bonds. The summed E-state index contributed by atoms with van der Waals surface area (Å²) < 4.78 is 11.2. The van der Waals surface area contributed by atoms with Crippen molar-refractivity contribution >= 4 is 5.97 Å². The number of benzene rings is 3. The van der Waals surface area contributed by atoms with Crippen LogP contribution in [-0.4, -0.2) is 41.3 Å². The minimum absolute atomic E-state index is 0.0728. The van der Waals surface area contributed by atoms with E-state index in [1.807, 2.05) is 42.5 Å². The number of nitrogens with zero attached hydrogens (tertiary/aromatic N) is 1. The molecule has 0 unspecified atom stereocenters. The molecule has 0 bridgehead atoms. The van der Waals surface area contributed by atoms with Gasteiger partial charge in [0.25, 0.3) is 0 Å². The highest BCUT2D eigenvalue weighted by Gasteiger charge is 2.24. The van der Waals surface area contributed by atoms with Crippen molar-refractivity contribution in [2.45, 2.75) is 25.3 Å². The molecule has 3 aromatic carbocycles. The molecule has 6 heteroatoms. The zero-order valence-electron chi connectivity index (χ0n) is 18.0. The summed E-state index contributed by atoms with van der Waals surface area (Å²) in [4.78, 5) is 13.9. The second-order valence-corrected chi connectivity index (χ2v) is 8.00. The number of carbonyl (C=O) groups is 1. The molecule has 4 rings (SSSR count). The number of aromatic carboxylic acids is 1. The van der Waals surface area contributed by atoms with Crippen LogP contribution in [0.1, 0.15) is 40.2 Å². The van der Waals surface area contributed by atoms with E-state index < -0.39 is 5.97 Å². The Bertz CT molecular complexity index is 1090. The largest absolute Gasteiger partial charge is 0.504 e. The van der Waals surface area contributed by atoms with Crippen LogP contribution in [0.2, 0.25) is 0 Å². The van der Waals surface area contributed by atoms with Gasteiger partial charge in [0.15, 0.2) is 23.0 Å². The standard InChI is InChI=1S/C26H27NO5/c1-31-23-8-4-5-9-24(23)32-25-16-18(10-11-22(25)28)17-27-14-12-19(13-15-27)20-6-2-3-7-21(20)26(29)30/h2-11,16,19,28H,12-15,17H2,1H3,(H,29,30). The van der Waals surface area contributed by atoms with E-state index in [0.717, 1.165) is 43.6 Å². The van der Waals surface area contributed by atoms with Gasteiger partial charge in [-0.15, -0.1) is 0 Å². The lowest BCUT2D eigenvalue weighted by atomic mass is 9.86. The Morgan fingerprint density at radius 1 is 0.969 bits per heavy atom. The molecule has 32 heavy (non-hydrogen) atoms. The van der Waals surface area contributed by atoms with E-state index in [4.69, 9.17) is 9.47 Å². The number of carboxylic acid groups (broad SMARTS) is 1. The number of rotatable bonds is 7. The highest BCUT2D eigenvalue weighted by molar-refractivity contribution is 5.89. The smallest absolute Gasteiger partial charge is 0.335 e. The topological polar surface area (TPSA) is 79.2 Å². The molecule has 0 atom stereocenters. The fraction of sp³-hybridized carbons (Fsp3) is 0.269. The molecule has 3 aromatic rings. The van der Waals surface area contributed by atoms with Crippen molar-refractivity contribution in [1.29, 1.82) is 0 Å². The average Bonchev–Trinajstić information content (AvgIpc) is 2.82. The maximum Gasteiger partial charge on any atom is 0.335 e. The minimum atomic E-state index is -0.866. The normalized spacial score (nSPS) is 14.8. The van der Waals surface area contributed by atoms with Crippen molar-refractivity contribution in [2.75, 3.05) is 20.2 Å². The van der Waals surface area contributed by atoms with Crippen LogP contribution in [0.25, 0.3) is 0 Å². The molecular weight excluding hydrogens is 406 g/mol. The third-order valence-corrected chi connectivity index (χ3v) is 5.94. The molecule has 6 nitrogen and oxygen atoms in total.